The summed E-state index contributed by atoms with van der Waals surface area (Å²) >= 11 is 3.19. The van der Waals surface area contributed by atoms with Gasteiger partial charge in [-0.3, -0.25) is 4.79 Å². The van der Waals surface area contributed by atoms with E-state index in [4.69, 9.17) is 0 Å². The Labute approximate surface area is 112 Å². The fourth-order valence-corrected chi connectivity index (χ4v) is 2.14. The Morgan fingerprint density at radius 2 is 2.28 bits per heavy atom. The van der Waals surface area contributed by atoms with Crippen molar-refractivity contribution in [1.29, 1.82) is 0 Å². The van der Waals surface area contributed by atoms with E-state index in [1.807, 2.05) is 6.07 Å². The lowest BCUT2D eigenvalue weighted by Crippen LogP contribution is -2.21. The van der Waals surface area contributed by atoms with Crippen LogP contribution in [0.3, 0.4) is 0 Å². The molecule has 1 aromatic heterocycles. The van der Waals surface area contributed by atoms with E-state index in [2.05, 4.69) is 25.9 Å². The number of anilines is 1. The van der Waals surface area contributed by atoms with Gasteiger partial charge >= 0.3 is 0 Å². The van der Waals surface area contributed by atoms with E-state index < -0.39 is 0 Å². The smallest absolute Gasteiger partial charge is 0.267 e. The summed E-state index contributed by atoms with van der Waals surface area (Å²) in [4.78, 5) is 19.7. The van der Waals surface area contributed by atoms with Gasteiger partial charge in [0.2, 0.25) is 0 Å². The van der Waals surface area contributed by atoms with E-state index in [1.54, 1.807) is 18.0 Å². The summed E-state index contributed by atoms with van der Waals surface area (Å²) in [7, 11) is 1.79. The van der Waals surface area contributed by atoms with Crippen LogP contribution < -0.4 is 10.5 Å². The molecule has 2 rings (SSSR count). The molecule has 6 heteroatoms. The van der Waals surface area contributed by atoms with Crippen LogP contribution in [0.2, 0.25) is 0 Å². The molecule has 1 heterocycles. The van der Waals surface area contributed by atoms with Crippen LogP contribution in [0.4, 0.5) is 10.2 Å². The molecule has 0 amide bonds. The topological polar surface area (TPSA) is 49.0 Å². The summed E-state index contributed by atoms with van der Waals surface area (Å²) in [5.74, 6) is 0.238. The van der Waals surface area contributed by atoms with Crippen LogP contribution in [0.1, 0.15) is 5.56 Å². The molecule has 0 saturated heterocycles. The molecule has 0 saturated carbocycles. The summed E-state index contributed by atoms with van der Waals surface area (Å²) < 4.78 is 13.4. The average molecular weight is 312 g/mol. The molecule has 0 atom stereocenters. The largest absolute Gasteiger partial charge is 0.354 e. The van der Waals surface area contributed by atoms with Gasteiger partial charge in [-0.1, -0.05) is 12.1 Å². The second-order valence-electron chi connectivity index (χ2n) is 3.86. The molecule has 0 spiro atoms. The number of nitrogens with one attached hydrogen (secondary N) is 1. The van der Waals surface area contributed by atoms with E-state index in [0.717, 1.165) is 5.56 Å². The number of hydrogen-bond donors (Lipinski definition) is 1. The second-order valence-corrected chi connectivity index (χ2v) is 4.65. The van der Waals surface area contributed by atoms with Crippen molar-refractivity contribution < 1.29 is 4.39 Å². The van der Waals surface area contributed by atoms with Crippen LogP contribution in [0.5, 0.6) is 0 Å². The highest BCUT2D eigenvalue weighted by atomic mass is 79.9. The van der Waals surface area contributed by atoms with Gasteiger partial charge in [0, 0.05) is 13.6 Å². The molecule has 0 aliphatic carbocycles. The molecule has 4 nitrogen and oxygen atoms in total. The Morgan fingerprint density at radius 3 is 3.00 bits per heavy atom. The van der Waals surface area contributed by atoms with Crippen LogP contribution in [-0.2, 0) is 6.54 Å². The van der Waals surface area contributed by atoms with Crippen molar-refractivity contribution in [3.63, 3.8) is 0 Å². The molecule has 0 bridgehead atoms. The number of aromatic nitrogens is 2. The van der Waals surface area contributed by atoms with Gasteiger partial charge in [0.25, 0.3) is 5.56 Å². The van der Waals surface area contributed by atoms with Gasteiger partial charge in [0.05, 0.1) is 6.33 Å². The van der Waals surface area contributed by atoms with E-state index in [0.29, 0.717) is 16.8 Å². The summed E-state index contributed by atoms with van der Waals surface area (Å²) in [6.45, 7) is 0.465. The zero-order valence-electron chi connectivity index (χ0n) is 9.65. The van der Waals surface area contributed by atoms with Crippen molar-refractivity contribution in [1.82, 2.24) is 9.97 Å². The molecule has 1 N–H and O–H groups in total. The fraction of sp³-hybridized carbons (Fsp3) is 0.167. The summed E-state index contributed by atoms with van der Waals surface area (Å²) in [6.07, 6.45) is 1.34. The van der Waals surface area contributed by atoms with Crippen LogP contribution in [0.15, 0.2) is 39.9 Å². The Kier molecular flexibility index (Phi) is 3.76. The van der Waals surface area contributed by atoms with Crippen molar-refractivity contribution >= 4 is 21.7 Å². The second kappa shape index (κ2) is 5.30. The van der Waals surface area contributed by atoms with E-state index in [9.17, 15) is 9.18 Å². The van der Waals surface area contributed by atoms with E-state index in [1.165, 1.54) is 18.5 Å². The molecular weight excluding hydrogens is 301 g/mol. The number of hydrogen-bond acceptors (Lipinski definition) is 3. The number of H-pyrrole nitrogens is 1. The van der Waals surface area contributed by atoms with Crippen LogP contribution in [0.25, 0.3) is 0 Å². The van der Waals surface area contributed by atoms with Gasteiger partial charge in [0.1, 0.15) is 16.1 Å². The molecule has 1 aromatic carbocycles. The molecule has 0 unspecified atom stereocenters. The van der Waals surface area contributed by atoms with Crippen molar-refractivity contribution in [2.75, 3.05) is 11.9 Å². The zero-order chi connectivity index (χ0) is 13.1. The Bertz CT molecular complexity index is 614. The summed E-state index contributed by atoms with van der Waals surface area (Å²) in [5, 5.41) is 0. The summed E-state index contributed by atoms with van der Waals surface area (Å²) in [5.41, 5.74) is 0.567. The Hall–Kier alpha value is -1.69. The molecule has 94 valence electrons. The lowest BCUT2D eigenvalue weighted by molar-refractivity contribution is 0.625. The quantitative estimate of drug-likeness (QED) is 0.946. The van der Waals surface area contributed by atoms with Gasteiger partial charge in [-0.05, 0) is 33.6 Å². The van der Waals surface area contributed by atoms with E-state index in [-0.39, 0.29) is 11.4 Å². The third-order valence-electron chi connectivity index (χ3n) is 2.45. The van der Waals surface area contributed by atoms with Crippen LogP contribution in [-0.4, -0.2) is 17.0 Å². The lowest BCUT2D eigenvalue weighted by Gasteiger charge is -2.18. The van der Waals surface area contributed by atoms with Crippen molar-refractivity contribution in [2.24, 2.45) is 0 Å². The maximum atomic E-state index is 13.1. The van der Waals surface area contributed by atoms with Crippen molar-refractivity contribution in [3.8, 4) is 0 Å². The number of halogens is 2. The first kappa shape index (κ1) is 12.8. The molecule has 0 fully saturated rings. The number of nitrogens with zero attached hydrogens (tertiary/aromatic N) is 2. The predicted molar refractivity (Wildman–Crippen MR) is 71.1 cm³/mol. The molecule has 2 aromatic rings. The first-order valence-electron chi connectivity index (χ1n) is 5.26. The van der Waals surface area contributed by atoms with Crippen LogP contribution >= 0.6 is 15.9 Å². The van der Waals surface area contributed by atoms with Crippen molar-refractivity contribution in [2.45, 2.75) is 6.54 Å². The van der Waals surface area contributed by atoms with Gasteiger partial charge in [-0.15, -0.1) is 0 Å². The van der Waals surface area contributed by atoms with E-state index >= 15 is 0 Å². The first-order valence-corrected chi connectivity index (χ1v) is 6.06. The molecule has 0 aliphatic heterocycles. The third kappa shape index (κ3) is 2.76. The monoisotopic (exact) mass is 311 g/mol. The van der Waals surface area contributed by atoms with Gasteiger partial charge in [-0.25, -0.2) is 9.37 Å². The zero-order valence-corrected chi connectivity index (χ0v) is 11.2. The summed E-state index contributed by atoms with van der Waals surface area (Å²) in [6, 6.07) is 6.32. The molecule has 0 radical (unpaired) electrons. The molecule has 0 aliphatic rings. The SMILES string of the molecule is CN(Cc1cccc(F)c1)c1nc[nH]c(=O)c1Br. The highest BCUT2D eigenvalue weighted by molar-refractivity contribution is 9.10. The minimum atomic E-state index is -0.279. The first-order chi connectivity index (χ1) is 8.58. The lowest BCUT2D eigenvalue weighted by atomic mass is 10.2. The normalized spacial score (nSPS) is 10.4. The maximum Gasteiger partial charge on any atom is 0.267 e. The predicted octanol–water partition coefficient (Wildman–Crippen LogP) is 2.31. The third-order valence-corrected chi connectivity index (χ3v) is 3.16. The highest BCUT2D eigenvalue weighted by Crippen LogP contribution is 2.19. The van der Waals surface area contributed by atoms with Gasteiger partial charge in [-0.2, -0.15) is 0 Å². The minimum absolute atomic E-state index is 0.244. The Morgan fingerprint density at radius 1 is 1.50 bits per heavy atom. The van der Waals surface area contributed by atoms with Crippen molar-refractivity contribution in [3.05, 3.63) is 56.8 Å². The number of rotatable bonds is 3. The van der Waals surface area contributed by atoms with Gasteiger partial charge < -0.3 is 9.88 Å². The molecular formula is C12H11BrFN3O. The number of benzene rings is 1. The standard InChI is InChI=1S/C12H11BrFN3O/c1-17(6-8-3-2-4-9(14)5-8)11-10(13)12(18)16-7-15-11/h2-5,7H,6H2,1H3,(H,15,16,18). The van der Waals surface area contributed by atoms with Gasteiger partial charge in [0.15, 0.2) is 0 Å². The minimum Gasteiger partial charge on any atom is -0.354 e. The number of aromatic amines is 1. The molecule has 18 heavy (non-hydrogen) atoms. The average Bonchev–Trinajstić information content (AvgIpc) is 2.32. The fourth-order valence-electron chi connectivity index (χ4n) is 1.62. The van der Waals surface area contributed by atoms with Crippen LogP contribution in [0, 0.1) is 5.82 Å². The Balaban J connectivity index is 2.25. The maximum absolute atomic E-state index is 13.1. The highest BCUT2D eigenvalue weighted by Gasteiger charge is 2.10.